The lowest BCUT2D eigenvalue weighted by Gasteiger charge is -2.47. The lowest BCUT2D eigenvalue weighted by molar-refractivity contribution is -0.137. The Labute approximate surface area is 176 Å². The fraction of sp³-hybridized carbons (Fsp3) is 0.400. The number of nitriles is 1. The van der Waals surface area contributed by atoms with Gasteiger partial charge >= 0.3 is 6.18 Å². The van der Waals surface area contributed by atoms with Crippen molar-refractivity contribution in [2.45, 2.75) is 58.7 Å². The maximum absolute atomic E-state index is 13.1. The highest BCUT2D eigenvalue weighted by Crippen LogP contribution is 2.44. The highest BCUT2D eigenvalue weighted by Gasteiger charge is 2.35. The van der Waals surface area contributed by atoms with Crippen molar-refractivity contribution in [3.05, 3.63) is 64.2 Å². The van der Waals surface area contributed by atoms with Crippen LogP contribution in [0.25, 0.3) is 11.6 Å². The zero-order chi connectivity index (χ0) is 22.3. The third kappa shape index (κ3) is 4.09. The molecule has 2 aromatic rings. The molecule has 0 saturated heterocycles. The SMILES string of the molecule is CCN1c2cc(C)c(/C=C(\C#N)c3cccc(C(F)(F)F)c3)cc2C(C)CC1(C)C. The van der Waals surface area contributed by atoms with Crippen LogP contribution in [0, 0.1) is 18.3 Å². The van der Waals surface area contributed by atoms with Gasteiger partial charge in [0.15, 0.2) is 0 Å². The van der Waals surface area contributed by atoms with Gasteiger partial charge in [-0.25, -0.2) is 0 Å². The Morgan fingerprint density at radius 2 is 1.97 bits per heavy atom. The van der Waals surface area contributed by atoms with Gasteiger partial charge in [-0.15, -0.1) is 0 Å². The van der Waals surface area contributed by atoms with Gasteiger partial charge in [0.05, 0.1) is 17.2 Å². The molecule has 2 aromatic carbocycles. The van der Waals surface area contributed by atoms with Crippen LogP contribution >= 0.6 is 0 Å². The first-order valence-electron chi connectivity index (χ1n) is 10.2. The molecule has 1 atom stereocenters. The predicted molar refractivity (Wildman–Crippen MR) is 116 cm³/mol. The first kappa shape index (κ1) is 22.0. The Morgan fingerprint density at radius 1 is 1.27 bits per heavy atom. The number of fused-ring (bicyclic) bond motifs is 1. The first-order valence-corrected chi connectivity index (χ1v) is 10.2. The van der Waals surface area contributed by atoms with Crippen molar-refractivity contribution in [1.29, 1.82) is 5.26 Å². The molecule has 0 spiro atoms. The molecule has 5 heteroatoms. The summed E-state index contributed by atoms with van der Waals surface area (Å²) < 4.78 is 39.3. The minimum Gasteiger partial charge on any atom is -0.366 e. The maximum Gasteiger partial charge on any atom is 0.416 e. The van der Waals surface area contributed by atoms with Gasteiger partial charge in [-0.1, -0.05) is 19.1 Å². The van der Waals surface area contributed by atoms with E-state index in [4.69, 9.17) is 0 Å². The topological polar surface area (TPSA) is 27.0 Å². The second-order valence-corrected chi connectivity index (χ2v) is 8.68. The van der Waals surface area contributed by atoms with E-state index in [0.717, 1.165) is 36.2 Å². The van der Waals surface area contributed by atoms with Gasteiger partial charge in [-0.05, 0) is 92.6 Å². The Morgan fingerprint density at radius 3 is 2.57 bits per heavy atom. The van der Waals surface area contributed by atoms with Crippen LogP contribution in [0.1, 0.15) is 67.9 Å². The van der Waals surface area contributed by atoms with Crippen LogP contribution in [-0.4, -0.2) is 12.1 Å². The number of nitrogens with zero attached hydrogens (tertiary/aromatic N) is 2. The van der Waals surface area contributed by atoms with E-state index in [9.17, 15) is 18.4 Å². The van der Waals surface area contributed by atoms with E-state index in [1.165, 1.54) is 17.3 Å². The number of rotatable bonds is 3. The van der Waals surface area contributed by atoms with E-state index in [0.29, 0.717) is 5.92 Å². The van der Waals surface area contributed by atoms with Crippen molar-refractivity contribution < 1.29 is 13.2 Å². The fourth-order valence-corrected chi connectivity index (χ4v) is 4.60. The van der Waals surface area contributed by atoms with Gasteiger partial charge in [0, 0.05) is 17.8 Å². The van der Waals surface area contributed by atoms with E-state index in [2.05, 4.69) is 50.8 Å². The van der Waals surface area contributed by atoms with Crippen LogP contribution in [0.15, 0.2) is 36.4 Å². The summed E-state index contributed by atoms with van der Waals surface area (Å²) in [6.07, 6.45) is -1.73. The Hall–Kier alpha value is -2.74. The first-order chi connectivity index (χ1) is 14.0. The average Bonchev–Trinajstić information content (AvgIpc) is 2.66. The molecule has 0 radical (unpaired) electrons. The molecule has 1 aliphatic heterocycles. The summed E-state index contributed by atoms with van der Waals surface area (Å²) in [6.45, 7) is 11.7. The second kappa shape index (κ2) is 7.83. The zero-order valence-corrected chi connectivity index (χ0v) is 18.1. The number of halogens is 3. The summed E-state index contributed by atoms with van der Waals surface area (Å²) in [5, 5.41) is 9.66. The lowest BCUT2D eigenvalue weighted by Crippen LogP contribution is -2.48. The third-order valence-electron chi connectivity index (χ3n) is 6.01. The molecule has 0 fully saturated rings. The summed E-state index contributed by atoms with van der Waals surface area (Å²) in [4.78, 5) is 2.40. The third-order valence-corrected chi connectivity index (χ3v) is 6.01. The molecular weight excluding hydrogens is 385 g/mol. The van der Waals surface area contributed by atoms with Crippen molar-refractivity contribution in [2.24, 2.45) is 0 Å². The molecule has 1 heterocycles. The summed E-state index contributed by atoms with van der Waals surface area (Å²) in [6, 6.07) is 11.3. The summed E-state index contributed by atoms with van der Waals surface area (Å²) >= 11 is 0. The van der Waals surface area contributed by atoms with Crippen molar-refractivity contribution in [2.75, 3.05) is 11.4 Å². The molecule has 30 heavy (non-hydrogen) atoms. The summed E-state index contributed by atoms with van der Waals surface area (Å²) in [5.41, 5.74) is 4.08. The molecule has 0 N–H and O–H groups in total. The van der Waals surface area contributed by atoms with Crippen LogP contribution in [0.3, 0.4) is 0 Å². The molecule has 1 unspecified atom stereocenters. The standard InChI is InChI=1S/C25H27F3N2/c1-6-30-23-10-16(2)19(13-22(23)17(3)14-24(30,4)5)11-20(15-29)18-8-7-9-21(12-18)25(26,27)28/h7-13,17H,6,14H2,1-5H3/b20-11+. The van der Waals surface area contributed by atoms with Crippen molar-refractivity contribution >= 4 is 17.3 Å². The monoisotopic (exact) mass is 412 g/mol. The molecular formula is C25H27F3N2. The highest BCUT2D eigenvalue weighted by molar-refractivity contribution is 5.90. The van der Waals surface area contributed by atoms with Gasteiger partial charge in [-0.3, -0.25) is 0 Å². The van der Waals surface area contributed by atoms with Crippen molar-refractivity contribution in [3.8, 4) is 6.07 Å². The van der Waals surface area contributed by atoms with Gasteiger partial charge in [0.25, 0.3) is 0 Å². The molecule has 158 valence electrons. The maximum atomic E-state index is 13.1. The number of hydrogen-bond donors (Lipinski definition) is 0. The number of hydrogen-bond acceptors (Lipinski definition) is 2. The zero-order valence-electron chi connectivity index (χ0n) is 18.1. The van der Waals surface area contributed by atoms with Crippen LogP contribution in [0.5, 0.6) is 0 Å². The van der Waals surface area contributed by atoms with Crippen LogP contribution in [-0.2, 0) is 6.18 Å². The van der Waals surface area contributed by atoms with E-state index < -0.39 is 11.7 Å². The molecule has 0 aromatic heterocycles. The summed E-state index contributed by atoms with van der Waals surface area (Å²) in [5.74, 6) is 0.352. The average molecular weight is 412 g/mol. The smallest absolute Gasteiger partial charge is 0.366 e. The lowest BCUT2D eigenvalue weighted by atomic mass is 9.79. The quantitative estimate of drug-likeness (QED) is 0.394. The molecule has 0 bridgehead atoms. The normalized spacial score (nSPS) is 18.7. The van der Waals surface area contributed by atoms with Gasteiger partial charge < -0.3 is 4.90 Å². The summed E-state index contributed by atoms with van der Waals surface area (Å²) in [7, 11) is 0. The largest absolute Gasteiger partial charge is 0.416 e. The van der Waals surface area contributed by atoms with Gasteiger partial charge in [0.1, 0.15) is 0 Å². The van der Waals surface area contributed by atoms with E-state index in [1.54, 1.807) is 12.1 Å². The number of allylic oxidation sites excluding steroid dienone is 1. The minimum atomic E-state index is -4.44. The van der Waals surface area contributed by atoms with Gasteiger partial charge in [-0.2, -0.15) is 18.4 Å². The molecule has 0 saturated carbocycles. The van der Waals surface area contributed by atoms with Crippen LogP contribution in [0.2, 0.25) is 0 Å². The molecule has 1 aliphatic rings. The molecule has 3 rings (SSSR count). The number of anilines is 1. The van der Waals surface area contributed by atoms with E-state index in [-0.39, 0.29) is 16.7 Å². The minimum absolute atomic E-state index is 0.0564. The second-order valence-electron chi connectivity index (χ2n) is 8.68. The highest BCUT2D eigenvalue weighted by atomic mass is 19.4. The molecule has 0 aliphatic carbocycles. The predicted octanol–water partition coefficient (Wildman–Crippen LogP) is 7.19. The van der Waals surface area contributed by atoms with Crippen LogP contribution < -0.4 is 4.90 Å². The van der Waals surface area contributed by atoms with Crippen molar-refractivity contribution in [3.63, 3.8) is 0 Å². The molecule has 2 nitrogen and oxygen atoms in total. The van der Waals surface area contributed by atoms with Gasteiger partial charge in [0.2, 0.25) is 0 Å². The fourth-order valence-electron chi connectivity index (χ4n) is 4.60. The van der Waals surface area contributed by atoms with Crippen molar-refractivity contribution in [1.82, 2.24) is 0 Å². The Kier molecular flexibility index (Phi) is 5.73. The Bertz CT molecular complexity index is 1030. The Balaban J connectivity index is 2.10. The number of alkyl halides is 3. The number of aryl methyl sites for hydroxylation is 1. The van der Waals surface area contributed by atoms with E-state index in [1.807, 2.05) is 6.92 Å². The van der Waals surface area contributed by atoms with Crippen LogP contribution in [0.4, 0.5) is 18.9 Å². The van der Waals surface area contributed by atoms with E-state index >= 15 is 0 Å². The number of benzene rings is 2. The molecule has 0 amide bonds.